The number of hydrogen-bond donors (Lipinski definition) is 3. The van der Waals surface area contributed by atoms with Gasteiger partial charge in [0, 0.05) is 11.1 Å². The van der Waals surface area contributed by atoms with Crippen LogP contribution in [0.2, 0.25) is 18.1 Å². The van der Waals surface area contributed by atoms with Crippen molar-refractivity contribution in [1.82, 2.24) is 39.0 Å². The number of rotatable bonds is 11. The van der Waals surface area contributed by atoms with E-state index in [1.165, 1.54) is 34.4 Å². The predicted octanol–water partition coefficient (Wildman–Crippen LogP) is 7.49. The Bertz CT molecular complexity index is 3100. The van der Waals surface area contributed by atoms with E-state index in [1.807, 2.05) is 39.9 Å². The summed E-state index contributed by atoms with van der Waals surface area (Å²) in [5.74, 6) is -0.805. The molecule has 6 aromatic rings. The number of alkyl halides is 1. The molecule has 2 amide bonds. The van der Waals surface area contributed by atoms with Crippen LogP contribution < -0.4 is 10.6 Å². The zero-order valence-electron chi connectivity index (χ0n) is 38.7. The molecule has 2 N–H and O–H groups in total. The molecule has 22 nitrogen and oxygen atoms in total. The summed E-state index contributed by atoms with van der Waals surface area (Å²) < 4.78 is 86.0. The largest absolute Gasteiger partial charge is 0.406 e. The lowest BCUT2D eigenvalue weighted by Gasteiger charge is -2.45. The van der Waals surface area contributed by atoms with Crippen LogP contribution in [0.4, 0.5) is 16.0 Å². The lowest BCUT2D eigenvalue weighted by Crippen LogP contribution is -2.56. The fourth-order valence-corrected chi connectivity index (χ4v) is 12.9. The van der Waals surface area contributed by atoms with Crippen molar-refractivity contribution in [1.29, 1.82) is 5.26 Å². The third-order valence-electron chi connectivity index (χ3n) is 12.5. The Morgan fingerprint density at radius 1 is 0.915 bits per heavy atom. The van der Waals surface area contributed by atoms with Gasteiger partial charge in [0.25, 0.3) is 11.8 Å². The molecular weight excluding hydrogens is 1020 g/mol. The molecule has 71 heavy (non-hydrogen) atoms. The van der Waals surface area contributed by atoms with Gasteiger partial charge in [0.05, 0.1) is 51.6 Å². The number of aromatic nitrogens is 8. The van der Waals surface area contributed by atoms with Gasteiger partial charge in [-0.05, 0) is 54.2 Å². The molecule has 0 spiro atoms. The number of hydrogen-bond acceptors (Lipinski definition) is 19. The molecule has 9 atom stereocenters. The molecule has 0 radical (unpaired) electrons. The fraction of sp³-hybridized carbons (Fsp3) is 0.419. The van der Waals surface area contributed by atoms with E-state index in [-0.39, 0.29) is 53.6 Å². The highest BCUT2D eigenvalue weighted by molar-refractivity contribution is 8.44. The van der Waals surface area contributed by atoms with E-state index >= 15 is 4.39 Å². The SMILES string of the molecule is CC(C)(C)[Si](C)(C)O[C@@H]1[C@H]2COP(=O)(S)O[C@H]3[C@@H](F)[C@H](n4cnc5c(NC(=O)c6ccccc6)ncnc54)O[C@@H]3COP(=S)(OCCC#N)O[C@@]1(n1cnc3c(NC(=O)c4ccccc4)ncnc31)CO2. The Balaban J connectivity index is 1.10. The van der Waals surface area contributed by atoms with E-state index in [1.54, 1.807) is 60.7 Å². The number of nitrogens with one attached hydrogen (secondary N) is 2. The third kappa shape index (κ3) is 10.3. The molecule has 3 aliphatic rings. The van der Waals surface area contributed by atoms with E-state index in [4.69, 9.17) is 48.3 Å². The van der Waals surface area contributed by atoms with Crippen LogP contribution in [0.15, 0.2) is 86.0 Å². The number of ether oxygens (including phenoxy) is 2. The summed E-state index contributed by atoms with van der Waals surface area (Å²) in [7, 11) is -2.87. The van der Waals surface area contributed by atoms with Crippen LogP contribution in [-0.2, 0) is 58.6 Å². The minimum Gasteiger partial charge on any atom is -0.406 e. The average Bonchev–Trinajstić information content (AvgIpc) is 4.12. The Morgan fingerprint density at radius 3 is 2.13 bits per heavy atom. The van der Waals surface area contributed by atoms with E-state index in [9.17, 15) is 19.4 Å². The Hall–Kier alpha value is -4.97. The molecule has 2 aromatic carbocycles. The minimum atomic E-state index is -4.54. The first-order valence-electron chi connectivity index (χ1n) is 22.1. The number of benzene rings is 2. The fourth-order valence-electron chi connectivity index (χ4n) is 7.87. The van der Waals surface area contributed by atoms with Gasteiger partial charge in [-0.15, -0.1) is 0 Å². The van der Waals surface area contributed by atoms with Gasteiger partial charge in [0.1, 0.15) is 37.1 Å². The molecule has 9 rings (SSSR count). The second-order valence-electron chi connectivity index (χ2n) is 18.1. The van der Waals surface area contributed by atoms with Crippen molar-refractivity contribution >= 4 is 91.7 Å². The Morgan fingerprint density at radius 2 is 1.51 bits per heavy atom. The summed E-state index contributed by atoms with van der Waals surface area (Å²) in [4.78, 5) is 53.0. The second kappa shape index (κ2) is 20.1. The highest BCUT2D eigenvalue weighted by Crippen LogP contribution is 2.61. The molecule has 0 saturated carbocycles. The maximum Gasteiger partial charge on any atom is 0.386 e. The van der Waals surface area contributed by atoms with Crippen LogP contribution in [0.5, 0.6) is 0 Å². The van der Waals surface area contributed by atoms with Crippen molar-refractivity contribution in [3.8, 4) is 6.07 Å². The number of nitrogens with zero attached hydrogens (tertiary/aromatic N) is 9. The Labute approximate surface area is 417 Å². The zero-order chi connectivity index (χ0) is 50.3. The third-order valence-corrected chi connectivity index (χ3v) is 20.9. The number of amides is 2. The topological polar surface area (TPSA) is 260 Å². The smallest absolute Gasteiger partial charge is 0.386 e. The van der Waals surface area contributed by atoms with E-state index in [0.717, 1.165) is 0 Å². The lowest BCUT2D eigenvalue weighted by molar-refractivity contribution is -0.0982. The van der Waals surface area contributed by atoms with Crippen molar-refractivity contribution < 1.29 is 55.1 Å². The van der Waals surface area contributed by atoms with Crippen molar-refractivity contribution in [2.24, 2.45) is 0 Å². The maximum absolute atomic E-state index is 17.2. The number of carbonyl (C=O) groups is 2. The van der Waals surface area contributed by atoms with Crippen LogP contribution in [0, 0.1) is 11.3 Å². The van der Waals surface area contributed by atoms with E-state index < -0.39 is 94.4 Å². The molecular formula is C43H48FN11O11P2S2Si. The summed E-state index contributed by atoms with van der Waals surface area (Å²) in [5, 5.41) is 14.7. The van der Waals surface area contributed by atoms with Gasteiger partial charge in [0.2, 0.25) is 5.72 Å². The molecule has 4 aromatic heterocycles. The van der Waals surface area contributed by atoms with Gasteiger partial charge in [-0.25, -0.2) is 38.9 Å². The first-order chi connectivity index (χ1) is 33.8. The summed E-state index contributed by atoms with van der Waals surface area (Å²) in [6.45, 7) is -0.354. The Kier molecular flexibility index (Phi) is 14.5. The first kappa shape index (κ1) is 50.9. The van der Waals surface area contributed by atoms with E-state index in [2.05, 4.69) is 52.8 Å². The van der Waals surface area contributed by atoms with Gasteiger partial charge in [-0.1, -0.05) is 69.4 Å². The lowest BCUT2D eigenvalue weighted by atomic mass is 10.1. The molecule has 28 heteroatoms. The van der Waals surface area contributed by atoms with Gasteiger partial charge in [-0.3, -0.25) is 32.3 Å². The minimum absolute atomic E-state index is 0.0469. The normalized spacial score (nSPS) is 28.3. The number of carbonyl (C=O) groups excluding carboxylic acids is 2. The number of nitriles is 1. The zero-order valence-corrected chi connectivity index (χ0v) is 43.2. The summed E-state index contributed by atoms with van der Waals surface area (Å²) in [5.41, 5.74) is -0.677. The standard InChI is InChI=1S/C43H48FN11O11P2S2Si/c1-42(2,3)71(4,5)65-34-29-20-61-67(58,69)64-33-28(63-41(30(33)44)54-24-50-31-35(46-22-48-37(31)54)52-39(56)26-13-8-6-9-14-26)19-62-68(70,60-18-12-17-45)66-43(34,21-59-29)55-25-51-32-36(47-23-49-38(32)55)53-40(57)27-15-10-7-11-16-27/h6-11,13-16,22-25,28-30,33-34,41H,12,18-21H2,1-5H3,(H,58,69)(H,46,48,52,56)(H,47,49,53,57)/t28-,29-,30-,33-,34-,41-,43+,67?,68?/m1/s1. The van der Waals surface area contributed by atoms with Gasteiger partial charge < -0.3 is 33.6 Å². The summed E-state index contributed by atoms with van der Waals surface area (Å²) >= 11 is 10.5. The van der Waals surface area contributed by atoms with Crippen LogP contribution in [0.25, 0.3) is 22.3 Å². The van der Waals surface area contributed by atoms with Crippen LogP contribution in [0.3, 0.4) is 0 Å². The maximum atomic E-state index is 17.2. The van der Waals surface area contributed by atoms with Gasteiger partial charge in [0.15, 0.2) is 54.7 Å². The highest BCUT2D eigenvalue weighted by Gasteiger charge is 2.61. The van der Waals surface area contributed by atoms with Crippen molar-refractivity contribution in [3.05, 3.63) is 97.1 Å². The van der Waals surface area contributed by atoms with Gasteiger partial charge in [-0.2, -0.15) is 5.26 Å². The molecule has 7 heterocycles. The highest BCUT2D eigenvalue weighted by atomic mass is 32.7. The summed E-state index contributed by atoms with van der Waals surface area (Å²) in [6.07, 6.45) is -4.16. The van der Waals surface area contributed by atoms with Crippen LogP contribution >= 0.6 is 25.8 Å². The van der Waals surface area contributed by atoms with Crippen LogP contribution in [0.1, 0.15) is 54.1 Å². The quantitative estimate of drug-likeness (QED) is 0.0491. The molecule has 2 bridgehead atoms. The summed E-state index contributed by atoms with van der Waals surface area (Å²) in [6, 6.07) is 19.0. The number of halogens is 1. The predicted molar refractivity (Wildman–Crippen MR) is 263 cm³/mol. The molecule has 3 aliphatic heterocycles. The second-order valence-corrected chi connectivity index (χ2v) is 28.7. The molecule has 0 aliphatic carbocycles. The monoisotopic (exact) mass is 1070 g/mol. The van der Waals surface area contributed by atoms with Crippen molar-refractivity contribution in [3.63, 3.8) is 0 Å². The van der Waals surface area contributed by atoms with Crippen LogP contribution in [-0.4, -0.2) is 116 Å². The van der Waals surface area contributed by atoms with Crippen molar-refractivity contribution in [2.45, 2.75) is 87.9 Å². The number of imidazole rings is 2. The average molecular weight is 1070 g/mol. The molecule has 2 unspecified atom stereocenters. The van der Waals surface area contributed by atoms with Gasteiger partial charge >= 0.3 is 13.5 Å². The molecule has 3 fully saturated rings. The number of fused-ring (bicyclic) bond motifs is 5. The van der Waals surface area contributed by atoms with Crippen molar-refractivity contribution in [2.75, 3.05) is 37.1 Å². The first-order valence-corrected chi connectivity index (χ1v) is 30.3. The number of anilines is 2. The molecule has 3 saturated heterocycles. The van der Waals surface area contributed by atoms with E-state index in [0.29, 0.717) is 11.1 Å². The number of thiol groups is 1. The molecule has 374 valence electrons.